The molecule has 0 radical (unpaired) electrons. The van der Waals surface area contributed by atoms with E-state index < -0.39 is 17.3 Å². The second-order valence-electron chi connectivity index (χ2n) is 6.44. The van der Waals surface area contributed by atoms with Gasteiger partial charge in [-0.2, -0.15) is 5.26 Å². The zero-order valence-corrected chi connectivity index (χ0v) is 11.5. The van der Waals surface area contributed by atoms with Crippen LogP contribution in [0.2, 0.25) is 0 Å². The van der Waals surface area contributed by atoms with E-state index in [1.54, 1.807) is 4.90 Å². The standard InChI is InChI=1S/C15H20FN3O/c1-9(16)15(4-2-3-5-15)13(18)14(20)19-11(8-17)6-10-7-12(10)19/h10-13H,1-7,18H2/t10-,11+,12+,13?/m1/s1. The number of carbonyl (C=O) groups is 1. The molecule has 108 valence electrons. The zero-order valence-electron chi connectivity index (χ0n) is 11.5. The van der Waals surface area contributed by atoms with E-state index in [1.165, 1.54) is 0 Å². The van der Waals surface area contributed by atoms with Crippen molar-refractivity contribution in [3.8, 4) is 6.07 Å². The minimum atomic E-state index is -0.913. The minimum absolute atomic E-state index is 0.157. The third-order valence-corrected chi connectivity index (χ3v) is 5.41. The lowest BCUT2D eigenvalue weighted by Gasteiger charge is -2.36. The Bertz CT molecular complexity index is 492. The lowest BCUT2D eigenvalue weighted by Crippen LogP contribution is -2.54. The Morgan fingerprint density at radius 1 is 1.45 bits per heavy atom. The molecule has 4 nitrogen and oxygen atoms in total. The van der Waals surface area contributed by atoms with E-state index in [4.69, 9.17) is 11.0 Å². The Balaban J connectivity index is 1.83. The first-order valence-electron chi connectivity index (χ1n) is 7.33. The number of fused-ring (bicyclic) bond motifs is 1. The largest absolute Gasteiger partial charge is 0.322 e. The first-order valence-corrected chi connectivity index (χ1v) is 7.33. The van der Waals surface area contributed by atoms with Crippen molar-refractivity contribution in [3.05, 3.63) is 12.4 Å². The van der Waals surface area contributed by atoms with Crippen LogP contribution in [0.4, 0.5) is 4.39 Å². The van der Waals surface area contributed by atoms with Crippen molar-refractivity contribution in [1.29, 1.82) is 5.26 Å². The normalized spacial score (nSPS) is 35.2. The van der Waals surface area contributed by atoms with Crippen molar-refractivity contribution in [2.24, 2.45) is 17.1 Å². The zero-order chi connectivity index (χ0) is 14.5. The number of piperidine rings is 1. The molecule has 5 heteroatoms. The smallest absolute Gasteiger partial charge is 0.241 e. The second kappa shape index (κ2) is 4.56. The van der Waals surface area contributed by atoms with E-state index in [2.05, 4.69) is 12.6 Å². The number of nitriles is 1. The molecule has 0 aromatic heterocycles. The van der Waals surface area contributed by atoms with Gasteiger partial charge in [0.05, 0.1) is 12.1 Å². The molecule has 3 fully saturated rings. The number of rotatable bonds is 3. The Kier molecular flexibility index (Phi) is 3.09. The number of hydrogen-bond donors (Lipinski definition) is 1. The quantitative estimate of drug-likeness (QED) is 0.856. The lowest BCUT2D eigenvalue weighted by molar-refractivity contribution is -0.136. The molecule has 1 saturated heterocycles. The number of halogens is 1. The van der Waals surface area contributed by atoms with Gasteiger partial charge in [0.15, 0.2) is 0 Å². The SMILES string of the molecule is C=C(F)C1(C(N)C(=O)N2[C@H](C#N)C[C@@H]3C[C@@H]32)CCCC1. The number of hydrogen-bond acceptors (Lipinski definition) is 3. The van der Waals surface area contributed by atoms with Gasteiger partial charge in [-0.15, -0.1) is 0 Å². The molecule has 1 unspecified atom stereocenters. The summed E-state index contributed by atoms with van der Waals surface area (Å²) in [4.78, 5) is 14.3. The highest BCUT2D eigenvalue weighted by atomic mass is 19.1. The maximum atomic E-state index is 13.9. The lowest BCUT2D eigenvalue weighted by atomic mass is 9.77. The molecule has 2 aliphatic carbocycles. The molecule has 0 aromatic rings. The molecular formula is C15H20FN3O. The van der Waals surface area contributed by atoms with Gasteiger partial charge in [-0.1, -0.05) is 19.4 Å². The van der Waals surface area contributed by atoms with Crippen LogP contribution >= 0.6 is 0 Å². The highest BCUT2D eigenvalue weighted by Crippen LogP contribution is 2.51. The third-order valence-electron chi connectivity index (χ3n) is 5.41. The maximum absolute atomic E-state index is 13.9. The second-order valence-corrected chi connectivity index (χ2v) is 6.44. The van der Waals surface area contributed by atoms with Crippen LogP contribution in [-0.2, 0) is 4.79 Å². The molecule has 1 aliphatic heterocycles. The van der Waals surface area contributed by atoms with Crippen molar-refractivity contribution in [2.45, 2.75) is 56.7 Å². The molecule has 3 aliphatic rings. The van der Waals surface area contributed by atoms with E-state index in [-0.39, 0.29) is 18.0 Å². The molecule has 0 aromatic carbocycles. The number of amides is 1. The predicted octanol–water partition coefficient (Wildman–Crippen LogP) is 1.87. The van der Waals surface area contributed by atoms with Gasteiger partial charge in [-0.05, 0) is 31.6 Å². The van der Waals surface area contributed by atoms with Crippen LogP contribution in [0.25, 0.3) is 0 Å². The van der Waals surface area contributed by atoms with Gasteiger partial charge in [0.2, 0.25) is 5.91 Å². The van der Waals surface area contributed by atoms with Gasteiger partial charge >= 0.3 is 0 Å². The summed E-state index contributed by atoms with van der Waals surface area (Å²) < 4.78 is 13.9. The van der Waals surface area contributed by atoms with Gasteiger partial charge < -0.3 is 10.6 Å². The third kappa shape index (κ3) is 1.78. The highest BCUT2D eigenvalue weighted by molar-refractivity contribution is 5.85. The van der Waals surface area contributed by atoms with Gasteiger partial charge in [0.25, 0.3) is 0 Å². The first-order chi connectivity index (χ1) is 9.51. The highest BCUT2D eigenvalue weighted by Gasteiger charge is 2.57. The van der Waals surface area contributed by atoms with E-state index in [0.717, 1.165) is 25.7 Å². The van der Waals surface area contributed by atoms with E-state index in [0.29, 0.717) is 18.8 Å². The Morgan fingerprint density at radius 2 is 2.10 bits per heavy atom. The van der Waals surface area contributed by atoms with E-state index >= 15 is 0 Å². The van der Waals surface area contributed by atoms with Crippen molar-refractivity contribution >= 4 is 5.91 Å². The van der Waals surface area contributed by atoms with E-state index in [9.17, 15) is 9.18 Å². The van der Waals surface area contributed by atoms with Gasteiger partial charge in [0, 0.05) is 11.5 Å². The minimum Gasteiger partial charge on any atom is -0.322 e. The van der Waals surface area contributed by atoms with Crippen LogP contribution in [0.1, 0.15) is 38.5 Å². The van der Waals surface area contributed by atoms with Crippen molar-refractivity contribution in [1.82, 2.24) is 4.90 Å². The van der Waals surface area contributed by atoms with Crippen LogP contribution in [0.15, 0.2) is 12.4 Å². The molecule has 0 bridgehead atoms. The Labute approximate surface area is 118 Å². The summed E-state index contributed by atoms with van der Waals surface area (Å²) in [7, 11) is 0. The van der Waals surface area contributed by atoms with Crippen LogP contribution in [0, 0.1) is 22.7 Å². The molecule has 20 heavy (non-hydrogen) atoms. The molecular weight excluding hydrogens is 257 g/mol. The fourth-order valence-corrected chi connectivity index (χ4v) is 4.04. The van der Waals surface area contributed by atoms with Crippen LogP contribution in [0.5, 0.6) is 0 Å². The van der Waals surface area contributed by atoms with E-state index in [1.807, 2.05) is 0 Å². The number of nitrogens with zero attached hydrogens (tertiary/aromatic N) is 2. The monoisotopic (exact) mass is 277 g/mol. The summed E-state index contributed by atoms with van der Waals surface area (Å²) >= 11 is 0. The molecule has 4 atom stereocenters. The molecule has 2 N–H and O–H groups in total. The fourth-order valence-electron chi connectivity index (χ4n) is 4.04. The number of nitrogens with two attached hydrogens (primary N) is 1. The predicted molar refractivity (Wildman–Crippen MR) is 71.9 cm³/mol. The van der Waals surface area contributed by atoms with Crippen molar-refractivity contribution in [3.63, 3.8) is 0 Å². The maximum Gasteiger partial charge on any atom is 0.241 e. The summed E-state index contributed by atoms with van der Waals surface area (Å²) in [6.45, 7) is 3.43. The molecule has 1 heterocycles. The van der Waals surface area contributed by atoms with Gasteiger partial charge in [-0.3, -0.25) is 4.79 Å². The molecule has 2 saturated carbocycles. The molecule has 0 spiro atoms. The summed E-state index contributed by atoms with van der Waals surface area (Å²) in [5.74, 6) is -0.290. The molecule has 3 rings (SSSR count). The van der Waals surface area contributed by atoms with Crippen molar-refractivity contribution in [2.75, 3.05) is 0 Å². The van der Waals surface area contributed by atoms with Gasteiger partial charge in [0.1, 0.15) is 11.9 Å². The van der Waals surface area contributed by atoms with Gasteiger partial charge in [-0.25, -0.2) is 4.39 Å². The summed E-state index contributed by atoms with van der Waals surface area (Å²) in [5, 5.41) is 9.17. The Morgan fingerprint density at radius 3 is 2.65 bits per heavy atom. The van der Waals surface area contributed by atoms with Crippen LogP contribution in [0.3, 0.4) is 0 Å². The topological polar surface area (TPSA) is 70.1 Å². The summed E-state index contributed by atoms with van der Waals surface area (Å²) in [5.41, 5.74) is 5.22. The number of carbonyl (C=O) groups excluding carboxylic acids is 1. The average Bonchev–Trinajstić information content (AvgIpc) is 2.91. The Hall–Kier alpha value is -1.41. The summed E-state index contributed by atoms with van der Waals surface area (Å²) in [6, 6.07) is 1.04. The average molecular weight is 277 g/mol. The van der Waals surface area contributed by atoms with Crippen LogP contribution in [-0.4, -0.2) is 28.9 Å². The summed E-state index contributed by atoms with van der Waals surface area (Å²) in [6.07, 6.45) is 4.60. The first kappa shape index (κ1) is 13.6. The number of likely N-dealkylation sites (tertiary alicyclic amines) is 1. The van der Waals surface area contributed by atoms with Crippen LogP contribution < -0.4 is 5.73 Å². The fraction of sp³-hybridized carbons (Fsp3) is 0.733. The van der Waals surface area contributed by atoms with Crippen molar-refractivity contribution < 1.29 is 9.18 Å². The molecule has 1 amide bonds.